The van der Waals surface area contributed by atoms with E-state index in [1.807, 2.05) is 42.5 Å². The predicted octanol–water partition coefficient (Wildman–Crippen LogP) is 3.61. The Labute approximate surface area is 305 Å². The van der Waals surface area contributed by atoms with Crippen LogP contribution in [0.1, 0.15) is 41.2 Å². The zero-order valence-electron chi connectivity index (χ0n) is 29.5. The molecule has 0 aromatic heterocycles. The number of likely N-dealkylation sites (N-methyl/N-ethyl adjacent to an activating group) is 1. The lowest BCUT2D eigenvalue weighted by Crippen LogP contribution is -2.67. The number of hydrogen-bond acceptors (Lipinski definition) is 14. The van der Waals surface area contributed by atoms with Gasteiger partial charge in [-0.1, -0.05) is 30.3 Å². The maximum atomic E-state index is 13.8. The molecule has 3 aromatic carbocycles. The number of amides is 1. The summed E-state index contributed by atoms with van der Waals surface area (Å²) in [5.41, 5.74) is 2.74. The molecule has 1 aliphatic carbocycles. The van der Waals surface area contributed by atoms with Gasteiger partial charge in [-0.15, -0.1) is 0 Å². The standard InChI is InChI=1S/C38H41NO14/c1-18-46-16-28-35(51-18)33(41)31(39(2)38(43)48-14-19-8-6-5-7-9-19)37(52-28)53-34-22-13-25-24(49-17-50-25)12-21(22)29(30-23(34)15-47-36(30)42)20-10-26(44-3)32(40)27(11-20)45-4/h5-13,18,23,28-31,33-35,37,40-41H,14-17H2,1-4H3/t18-,23-,28-,29+,30-,31-,33-,34+,35-,37+/m0/s1. The van der Waals surface area contributed by atoms with E-state index in [-0.39, 0.29) is 43.9 Å². The van der Waals surface area contributed by atoms with E-state index in [0.29, 0.717) is 28.2 Å². The highest BCUT2D eigenvalue weighted by Gasteiger charge is 2.57. The maximum Gasteiger partial charge on any atom is 0.410 e. The average molecular weight is 736 g/mol. The number of aromatic hydroxyl groups is 1. The van der Waals surface area contributed by atoms with Crippen molar-refractivity contribution in [3.63, 3.8) is 0 Å². The van der Waals surface area contributed by atoms with Crippen molar-refractivity contribution < 1.29 is 67.2 Å². The highest BCUT2D eigenvalue weighted by molar-refractivity contribution is 5.79. The molecule has 282 valence electrons. The number of nitrogens with zero attached hydrogens (tertiary/aromatic N) is 1. The number of aliphatic hydroxyl groups is 1. The summed E-state index contributed by atoms with van der Waals surface area (Å²) in [6.45, 7) is 1.84. The van der Waals surface area contributed by atoms with E-state index < -0.39 is 72.9 Å². The molecule has 15 heteroatoms. The van der Waals surface area contributed by atoms with Gasteiger partial charge in [0, 0.05) is 18.9 Å². The Balaban J connectivity index is 1.19. The van der Waals surface area contributed by atoms with Gasteiger partial charge in [-0.05, 0) is 53.4 Å². The Morgan fingerprint density at radius 2 is 1.64 bits per heavy atom. The maximum absolute atomic E-state index is 13.8. The quantitative estimate of drug-likeness (QED) is 0.322. The normalized spacial score (nSPS) is 31.1. The number of fused-ring (bicyclic) bond motifs is 4. The fourth-order valence-electron chi connectivity index (χ4n) is 8.09. The molecule has 0 bridgehead atoms. The van der Waals surface area contributed by atoms with Gasteiger partial charge < -0.3 is 62.5 Å². The van der Waals surface area contributed by atoms with E-state index in [1.165, 1.54) is 26.2 Å². The number of benzene rings is 3. The third-order valence-electron chi connectivity index (χ3n) is 10.7. The van der Waals surface area contributed by atoms with Crippen LogP contribution in [0.2, 0.25) is 0 Å². The van der Waals surface area contributed by atoms with E-state index in [0.717, 1.165) is 5.56 Å². The lowest BCUT2D eigenvalue weighted by Gasteiger charge is -2.50. The van der Waals surface area contributed by atoms with Crippen molar-refractivity contribution in [3.8, 4) is 28.7 Å². The molecule has 0 radical (unpaired) electrons. The molecular weight excluding hydrogens is 694 g/mol. The summed E-state index contributed by atoms with van der Waals surface area (Å²) in [5, 5.41) is 22.6. The Bertz CT molecular complexity index is 1830. The Morgan fingerprint density at radius 1 is 0.943 bits per heavy atom. The number of ether oxygens (including phenoxy) is 10. The van der Waals surface area contributed by atoms with Gasteiger partial charge >= 0.3 is 12.1 Å². The second kappa shape index (κ2) is 14.2. The van der Waals surface area contributed by atoms with E-state index in [2.05, 4.69) is 0 Å². The highest BCUT2D eigenvalue weighted by atomic mass is 16.8. The van der Waals surface area contributed by atoms with Gasteiger partial charge in [0.1, 0.15) is 31.0 Å². The minimum atomic E-state index is -1.28. The third kappa shape index (κ3) is 6.25. The lowest BCUT2D eigenvalue weighted by molar-refractivity contribution is -0.353. The number of carbonyl (C=O) groups is 2. The number of methoxy groups -OCH3 is 2. The van der Waals surface area contributed by atoms with Crippen LogP contribution in [0.5, 0.6) is 28.7 Å². The zero-order valence-corrected chi connectivity index (χ0v) is 29.5. The summed E-state index contributed by atoms with van der Waals surface area (Å²) < 4.78 is 59.0. The molecule has 0 unspecified atom stereocenters. The molecule has 15 nitrogen and oxygen atoms in total. The second-order valence-corrected chi connectivity index (χ2v) is 13.6. The van der Waals surface area contributed by atoms with E-state index in [4.69, 9.17) is 47.4 Å². The first-order valence-corrected chi connectivity index (χ1v) is 17.4. The van der Waals surface area contributed by atoms with Crippen molar-refractivity contribution in [2.75, 3.05) is 41.3 Å². The van der Waals surface area contributed by atoms with Gasteiger partial charge in [-0.3, -0.25) is 4.79 Å². The van der Waals surface area contributed by atoms with Crippen LogP contribution in [0.25, 0.3) is 0 Å². The Kier molecular flexibility index (Phi) is 9.45. The minimum absolute atomic E-state index is 0.00154. The molecule has 3 saturated heterocycles. The number of phenols is 1. The Morgan fingerprint density at radius 3 is 2.34 bits per heavy atom. The molecular formula is C38H41NO14. The number of hydrogen-bond donors (Lipinski definition) is 2. The first kappa shape index (κ1) is 35.2. The number of esters is 1. The first-order valence-electron chi connectivity index (χ1n) is 17.4. The fraction of sp³-hybridized carbons (Fsp3) is 0.474. The van der Waals surface area contributed by atoms with Crippen molar-refractivity contribution >= 4 is 12.1 Å². The minimum Gasteiger partial charge on any atom is -0.502 e. The molecule has 4 heterocycles. The van der Waals surface area contributed by atoms with Crippen LogP contribution < -0.4 is 18.9 Å². The van der Waals surface area contributed by atoms with Gasteiger partial charge in [0.05, 0.1) is 39.5 Å². The fourth-order valence-corrected chi connectivity index (χ4v) is 8.09. The van der Waals surface area contributed by atoms with Gasteiger partial charge in [-0.2, -0.15) is 0 Å². The van der Waals surface area contributed by atoms with Crippen molar-refractivity contribution in [2.45, 2.75) is 62.5 Å². The third-order valence-corrected chi connectivity index (χ3v) is 10.7. The SMILES string of the molecule is COc1cc([C@@H]2c3cc4c(cc3[C@@H](O[C@H]3O[C@H]5CO[C@H](C)O[C@@H]5[C@@H](O)[C@@H]3N(C)C(=O)OCc3ccccc3)[C@H]3COC(=O)[C@H]23)OCO4)cc(OC)c1O. The predicted molar refractivity (Wildman–Crippen MR) is 181 cm³/mol. The lowest BCUT2D eigenvalue weighted by atomic mass is 9.66. The molecule has 1 amide bonds. The molecule has 2 N–H and O–H groups in total. The summed E-state index contributed by atoms with van der Waals surface area (Å²) >= 11 is 0. The van der Waals surface area contributed by atoms with Crippen LogP contribution in [0.3, 0.4) is 0 Å². The summed E-state index contributed by atoms with van der Waals surface area (Å²) in [5.74, 6) is -1.30. The van der Waals surface area contributed by atoms with E-state index in [1.54, 1.807) is 19.1 Å². The van der Waals surface area contributed by atoms with Crippen LogP contribution in [-0.4, -0.2) is 105 Å². The number of phenolic OH excluding ortho intramolecular Hbond substituents is 1. The van der Waals surface area contributed by atoms with Crippen molar-refractivity contribution in [2.24, 2.45) is 11.8 Å². The summed E-state index contributed by atoms with van der Waals surface area (Å²) in [6, 6.07) is 15.1. The van der Waals surface area contributed by atoms with Crippen LogP contribution in [0.4, 0.5) is 4.79 Å². The van der Waals surface area contributed by atoms with Crippen LogP contribution in [0, 0.1) is 11.8 Å². The van der Waals surface area contributed by atoms with Gasteiger partial charge in [0.25, 0.3) is 0 Å². The number of carbonyl (C=O) groups excluding carboxylic acids is 2. The molecule has 10 atom stereocenters. The molecule has 3 aromatic rings. The molecule has 5 aliphatic rings. The van der Waals surface area contributed by atoms with E-state index >= 15 is 0 Å². The zero-order chi connectivity index (χ0) is 37.0. The summed E-state index contributed by atoms with van der Waals surface area (Å²) in [7, 11) is 4.36. The van der Waals surface area contributed by atoms with Crippen molar-refractivity contribution in [3.05, 3.63) is 76.9 Å². The summed E-state index contributed by atoms with van der Waals surface area (Å²) in [4.78, 5) is 28.6. The largest absolute Gasteiger partial charge is 0.502 e. The average Bonchev–Trinajstić information content (AvgIpc) is 3.80. The highest BCUT2D eigenvalue weighted by Crippen LogP contribution is 2.57. The molecule has 3 fully saturated rings. The van der Waals surface area contributed by atoms with Crippen LogP contribution >= 0.6 is 0 Å². The molecule has 8 rings (SSSR count). The smallest absolute Gasteiger partial charge is 0.410 e. The Hall–Kier alpha value is -4.80. The van der Waals surface area contributed by atoms with Gasteiger partial charge in [0.15, 0.2) is 35.6 Å². The van der Waals surface area contributed by atoms with Crippen molar-refractivity contribution in [1.82, 2.24) is 4.90 Å². The monoisotopic (exact) mass is 735 g/mol. The van der Waals surface area contributed by atoms with Gasteiger partial charge in [0.2, 0.25) is 12.5 Å². The first-order chi connectivity index (χ1) is 25.7. The number of aliphatic hydroxyl groups excluding tert-OH is 1. The van der Waals surface area contributed by atoms with Crippen LogP contribution in [0.15, 0.2) is 54.6 Å². The molecule has 0 saturated carbocycles. The number of cyclic esters (lactones) is 1. The number of rotatable bonds is 8. The second-order valence-electron chi connectivity index (χ2n) is 13.6. The molecule has 53 heavy (non-hydrogen) atoms. The summed E-state index contributed by atoms with van der Waals surface area (Å²) in [6.07, 6.45) is -6.29. The van der Waals surface area contributed by atoms with Gasteiger partial charge in [-0.25, -0.2) is 4.79 Å². The van der Waals surface area contributed by atoms with E-state index in [9.17, 15) is 19.8 Å². The molecule has 4 aliphatic heterocycles. The van der Waals surface area contributed by atoms with Crippen molar-refractivity contribution in [1.29, 1.82) is 0 Å². The molecule has 0 spiro atoms. The van der Waals surface area contributed by atoms with Crippen LogP contribution in [-0.2, 0) is 39.8 Å². The topological polar surface area (TPSA) is 170 Å².